The average molecular weight is 345 g/mol. The summed E-state index contributed by atoms with van der Waals surface area (Å²) in [6, 6.07) is 6.22. The summed E-state index contributed by atoms with van der Waals surface area (Å²) < 4.78 is 10.9. The summed E-state index contributed by atoms with van der Waals surface area (Å²) in [4.78, 5) is 12.6. The van der Waals surface area contributed by atoms with Crippen molar-refractivity contribution in [3.8, 4) is 11.5 Å². The highest BCUT2D eigenvalue weighted by molar-refractivity contribution is 5.78. The third-order valence-electron chi connectivity index (χ3n) is 6.13. The Balaban J connectivity index is 1.74. The van der Waals surface area contributed by atoms with Crippen molar-refractivity contribution in [3.63, 3.8) is 0 Å². The Morgan fingerprint density at radius 2 is 1.72 bits per heavy atom. The Morgan fingerprint density at radius 3 is 2.36 bits per heavy atom. The van der Waals surface area contributed by atoms with Crippen LogP contribution in [0.4, 0.5) is 0 Å². The smallest absolute Gasteiger partial charge is 0.223 e. The molecular weight excluding hydrogens is 314 g/mol. The lowest BCUT2D eigenvalue weighted by Gasteiger charge is -2.32. The highest BCUT2D eigenvalue weighted by Crippen LogP contribution is 2.43. The first-order chi connectivity index (χ1) is 12.2. The fourth-order valence-electron chi connectivity index (χ4n) is 4.55. The predicted molar refractivity (Wildman–Crippen MR) is 99.3 cm³/mol. The van der Waals surface area contributed by atoms with Crippen molar-refractivity contribution in [1.29, 1.82) is 0 Å². The molecule has 2 fully saturated rings. The van der Waals surface area contributed by atoms with Crippen molar-refractivity contribution in [2.75, 3.05) is 20.8 Å². The van der Waals surface area contributed by atoms with Gasteiger partial charge in [0.1, 0.15) is 0 Å². The first kappa shape index (κ1) is 18.1. The molecule has 0 unspecified atom stereocenters. The third-order valence-corrected chi connectivity index (χ3v) is 6.13. The highest BCUT2D eigenvalue weighted by Gasteiger charge is 2.37. The Bertz CT molecular complexity index is 587. The molecule has 138 valence electrons. The fourth-order valence-corrected chi connectivity index (χ4v) is 4.55. The lowest BCUT2D eigenvalue weighted by atomic mass is 9.78. The molecule has 0 heterocycles. The summed E-state index contributed by atoms with van der Waals surface area (Å²) in [5, 5.41) is 3.29. The number of carbonyl (C=O) groups excluding carboxylic acids is 1. The standard InChI is InChI=1S/C21H31NO3/c1-24-18-11-10-17(14-19(18)25-2)21(12-6-7-13-21)15-22-20(23)16-8-4-3-5-9-16/h10-11,14,16H,3-9,12-13,15H2,1-2H3,(H,22,23). The maximum atomic E-state index is 12.6. The van der Waals surface area contributed by atoms with Gasteiger partial charge in [0.15, 0.2) is 11.5 Å². The van der Waals surface area contributed by atoms with Gasteiger partial charge in [0, 0.05) is 17.9 Å². The van der Waals surface area contributed by atoms with Crippen LogP contribution in [-0.4, -0.2) is 26.7 Å². The van der Waals surface area contributed by atoms with Crippen molar-refractivity contribution in [1.82, 2.24) is 5.32 Å². The van der Waals surface area contributed by atoms with Crippen molar-refractivity contribution < 1.29 is 14.3 Å². The van der Waals surface area contributed by atoms with E-state index in [-0.39, 0.29) is 17.2 Å². The van der Waals surface area contributed by atoms with Crippen LogP contribution in [0.5, 0.6) is 11.5 Å². The van der Waals surface area contributed by atoms with Gasteiger partial charge >= 0.3 is 0 Å². The van der Waals surface area contributed by atoms with E-state index in [1.165, 1.54) is 37.7 Å². The van der Waals surface area contributed by atoms with E-state index in [0.717, 1.165) is 43.7 Å². The van der Waals surface area contributed by atoms with Crippen LogP contribution in [0.25, 0.3) is 0 Å². The summed E-state index contributed by atoms with van der Waals surface area (Å²) in [5.74, 6) is 2.00. The van der Waals surface area contributed by atoms with Crippen molar-refractivity contribution in [2.45, 2.75) is 63.2 Å². The number of hydrogen-bond donors (Lipinski definition) is 1. The Kier molecular flexibility index (Phi) is 5.87. The van der Waals surface area contributed by atoms with Crippen LogP contribution < -0.4 is 14.8 Å². The number of methoxy groups -OCH3 is 2. The number of amides is 1. The zero-order valence-electron chi connectivity index (χ0n) is 15.6. The minimum Gasteiger partial charge on any atom is -0.493 e. The monoisotopic (exact) mass is 345 g/mol. The van der Waals surface area contributed by atoms with Gasteiger partial charge in [-0.25, -0.2) is 0 Å². The molecule has 2 aliphatic carbocycles. The van der Waals surface area contributed by atoms with E-state index in [4.69, 9.17) is 9.47 Å². The van der Waals surface area contributed by atoms with E-state index in [9.17, 15) is 4.79 Å². The van der Waals surface area contributed by atoms with Gasteiger partial charge in [-0.3, -0.25) is 4.79 Å². The molecule has 1 aromatic carbocycles. The van der Waals surface area contributed by atoms with Crippen molar-refractivity contribution in [3.05, 3.63) is 23.8 Å². The number of ether oxygens (including phenoxy) is 2. The minimum absolute atomic E-state index is 0.0316. The molecule has 1 amide bonds. The molecule has 0 saturated heterocycles. The second kappa shape index (κ2) is 8.11. The number of hydrogen-bond acceptors (Lipinski definition) is 3. The normalized spacial score (nSPS) is 20.2. The van der Waals surface area contributed by atoms with Crippen LogP contribution in [0, 0.1) is 5.92 Å². The zero-order chi connectivity index (χ0) is 17.7. The lowest BCUT2D eigenvalue weighted by molar-refractivity contribution is -0.126. The molecule has 0 aromatic heterocycles. The molecule has 0 atom stereocenters. The minimum atomic E-state index is 0.0316. The molecule has 0 radical (unpaired) electrons. The van der Waals surface area contributed by atoms with Crippen LogP contribution in [0.15, 0.2) is 18.2 Å². The van der Waals surface area contributed by atoms with Crippen LogP contribution in [0.3, 0.4) is 0 Å². The van der Waals surface area contributed by atoms with Crippen LogP contribution in [-0.2, 0) is 10.2 Å². The van der Waals surface area contributed by atoms with E-state index in [1.54, 1.807) is 14.2 Å². The van der Waals surface area contributed by atoms with Gasteiger partial charge < -0.3 is 14.8 Å². The summed E-state index contributed by atoms with van der Waals surface area (Å²) in [6.45, 7) is 0.734. The van der Waals surface area contributed by atoms with Crippen LogP contribution in [0.1, 0.15) is 63.4 Å². The SMILES string of the molecule is COc1ccc(C2(CNC(=O)C3CCCCC3)CCCC2)cc1OC. The predicted octanol–water partition coefficient (Wildman–Crippen LogP) is 4.21. The summed E-state index contributed by atoms with van der Waals surface area (Å²) in [6.07, 6.45) is 10.4. The molecule has 3 rings (SSSR count). The molecular formula is C21H31NO3. The first-order valence-corrected chi connectivity index (χ1v) is 9.69. The van der Waals surface area contributed by atoms with E-state index in [2.05, 4.69) is 17.4 Å². The molecule has 2 aliphatic rings. The van der Waals surface area contributed by atoms with Crippen LogP contribution >= 0.6 is 0 Å². The Morgan fingerprint density at radius 1 is 1.04 bits per heavy atom. The topological polar surface area (TPSA) is 47.6 Å². The summed E-state index contributed by atoms with van der Waals surface area (Å²) in [7, 11) is 3.33. The Labute approximate surface area is 151 Å². The molecule has 2 saturated carbocycles. The fraction of sp³-hybridized carbons (Fsp3) is 0.667. The van der Waals surface area contributed by atoms with Crippen molar-refractivity contribution in [2.24, 2.45) is 5.92 Å². The van der Waals surface area contributed by atoms with E-state index >= 15 is 0 Å². The quantitative estimate of drug-likeness (QED) is 0.840. The number of rotatable bonds is 6. The maximum absolute atomic E-state index is 12.6. The van der Waals surface area contributed by atoms with Gasteiger partial charge in [0.05, 0.1) is 14.2 Å². The third kappa shape index (κ3) is 3.94. The molecule has 1 aromatic rings. The number of carbonyl (C=O) groups is 1. The molecule has 4 nitrogen and oxygen atoms in total. The molecule has 0 bridgehead atoms. The van der Waals surface area contributed by atoms with Gasteiger partial charge in [-0.1, -0.05) is 38.2 Å². The van der Waals surface area contributed by atoms with Crippen molar-refractivity contribution >= 4 is 5.91 Å². The zero-order valence-corrected chi connectivity index (χ0v) is 15.6. The maximum Gasteiger partial charge on any atom is 0.223 e. The van der Waals surface area contributed by atoms with Gasteiger partial charge in [0.2, 0.25) is 5.91 Å². The highest BCUT2D eigenvalue weighted by atomic mass is 16.5. The second-order valence-electron chi connectivity index (χ2n) is 7.61. The number of nitrogens with one attached hydrogen (secondary N) is 1. The first-order valence-electron chi connectivity index (χ1n) is 9.69. The van der Waals surface area contributed by atoms with Crippen LogP contribution in [0.2, 0.25) is 0 Å². The molecule has 1 N–H and O–H groups in total. The largest absolute Gasteiger partial charge is 0.493 e. The molecule has 4 heteroatoms. The average Bonchev–Trinajstić information content (AvgIpc) is 3.16. The van der Waals surface area contributed by atoms with E-state index < -0.39 is 0 Å². The number of benzene rings is 1. The lowest BCUT2D eigenvalue weighted by Crippen LogP contribution is -2.41. The van der Waals surface area contributed by atoms with Gasteiger partial charge in [-0.15, -0.1) is 0 Å². The molecule has 25 heavy (non-hydrogen) atoms. The Hall–Kier alpha value is -1.71. The van der Waals surface area contributed by atoms with E-state index in [0.29, 0.717) is 0 Å². The molecule has 0 aliphatic heterocycles. The van der Waals surface area contributed by atoms with E-state index in [1.807, 2.05) is 6.07 Å². The second-order valence-corrected chi connectivity index (χ2v) is 7.61. The van der Waals surface area contributed by atoms with Gasteiger partial charge in [0.25, 0.3) is 0 Å². The van der Waals surface area contributed by atoms with Gasteiger partial charge in [-0.05, 0) is 43.4 Å². The summed E-state index contributed by atoms with van der Waals surface area (Å²) >= 11 is 0. The summed E-state index contributed by atoms with van der Waals surface area (Å²) in [5.41, 5.74) is 1.29. The molecule has 0 spiro atoms. The van der Waals surface area contributed by atoms with Gasteiger partial charge in [-0.2, -0.15) is 0 Å².